The molecule has 0 bridgehead atoms. The van der Waals surface area contributed by atoms with Crippen LogP contribution in [0.5, 0.6) is 0 Å². The summed E-state index contributed by atoms with van der Waals surface area (Å²) in [6, 6.07) is 0. The zero-order valence-electron chi connectivity index (χ0n) is 6.52. The number of hydrogen-bond donors (Lipinski definition) is 2. The van der Waals surface area contributed by atoms with Crippen LogP contribution in [0.3, 0.4) is 0 Å². The van der Waals surface area contributed by atoms with Gasteiger partial charge in [0.15, 0.2) is 0 Å². The van der Waals surface area contributed by atoms with Gasteiger partial charge in [0.25, 0.3) is 0 Å². The predicted octanol–water partition coefficient (Wildman–Crippen LogP) is 0.278. The molecule has 0 aromatic carbocycles. The van der Waals surface area contributed by atoms with Crippen molar-refractivity contribution in [3.05, 3.63) is 0 Å². The minimum Gasteiger partial charge on any atom is -0.425 e. The summed E-state index contributed by atoms with van der Waals surface area (Å²) in [6.45, 7) is 1.45. The number of hydrogen-bond acceptors (Lipinski definition) is 6. The molecule has 0 aliphatic carbocycles. The van der Waals surface area contributed by atoms with Crippen molar-refractivity contribution < 1.29 is 19.1 Å². The van der Waals surface area contributed by atoms with Crippen LogP contribution in [0.25, 0.3) is 0 Å². The van der Waals surface area contributed by atoms with Gasteiger partial charge in [-0.1, -0.05) is 0 Å². The molecule has 0 heterocycles. The molecule has 0 aliphatic rings. The third-order valence-corrected chi connectivity index (χ3v) is 1.37. The van der Waals surface area contributed by atoms with Crippen molar-refractivity contribution in [1.82, 2.24) is 0 Å². The van der Waals surface area contributed by atoms with Crippen LogP contribution >= 0.6 is 25.3 Å². The van der Waals surface area contributed by atoms with E-state index in [2.05, 4.69) is 34.7 Å². The SMILES string of the molecule is CC(OC(=O)CS)OC(=O)CS. The molecule has 4 nitrogen and oxygen atoms in total. The molecular formula is C6H10O4S2. The molecule has 0 fully saturated rings. The molecular weight excluding hydrogens is 200 g/mol. The lowest BCUT2D eigenvalue weighted by atomic mass is 10.7. The van der Waals surface area contributed by atoms with Gasteiger partial charge in [-0.05, 0) is 0 Å². The van der Waals surface area contributed by atoms with E-state index in [0.717, 1.165) is 0 Å². The Morgan fingerprint density at radius 3 is 1.75 bits per heavy atom. The van der Waals surface area contributed by atoms with Crippen LogP contribution in [0, 0.1) is 0 Å². The summed E-state index contributed by atoms with van der Waals surface area (Å²) in [6.07, 6.45) is -0.871. The van der Waals surface area contributed by atoms with Gasteiger partial charge in [0, 0.05) is 6.92 Å². The summed E-state index contributed by atoms with van der Waals surface area (Å²) < 4.78 is 9.16. The second-order valence-electron chi connectivity index (χ2n) is 1.86. The van der Waals surface area contributed by atoms with Gasteiger partial charge < -0.3 is 9.47 Å². The molecule has 0 spiro atoms. The Kier molecular flexibility index (Phi) is 6.00. The number of carbonyl (C=O) groups excluding carboxylic acids is 2. The molecule has 0 unspecified atom stereocenters. The summed E-state index contributed by atoms with van der Waals surface area (Å²) >= 11 is 7.35. The van der Waals surface area contributed by atoms with Crippen molar-refractivity contribution in [3.63, 3.8) is 0 Å². The van der Waals surface area contributed by atoms with Crippen molar-refractivity contribution in [2.75, 3.05) is 11.5 Å². The Balaban J connectivity index is 3.66. The summed E-state index contributed by atoms with van der Waals surface area (Å²) in [5.41, 5.74) is 0. The first-order valence-corrected chi connectivity index (χ1v) is 4.47. The van der Waals surface area contributed by atoms with Crippen molar-refractivity contribution in [2.24, 2.45) is 0 Å². The van der Waals surface area contributed by atoms with Gasteiger partial charge in [0.2, 0.25) is 6.29 Å². The molecule has 0 aliphatic heterocycles. The minimum atomic E-state index is -0.871. The smallest absolute Gasteiger partial charge is 0.318 e. The second kappa shape index (κ2) is 6.19. The maximum atomic E-state index is 10.6. The maximum absolute atomic E-state index is 10.6. The maximum Gasteiger partial charge on any atom is 0.318 e. The number of rotatable bonds is 4. The highest BCUT2D eigenvalue weighted by molar-refractivity contribution is 7.81. The van der Waals surface area contributed by atoms with Crippen molar-refractivity contribution in [2.45, 2.75) is 13.2 Å². The lowest BCUT2D eigenvalue weighted by Crippen LogP contribution is -2.22. The fourth-order valence-corrected chi connectivity index (χ4v) is 0.618. The van der Waals surface area contributed by atoms with Gasteiger partial charge in [-0.25, -0.2) is 0 Å². The second-order valence-corrected chi connectivity index (χ2v) is 2.50. The number of esters is 2. The Bertz CT molecular complexity index is 153. The van der Waals surface area contributed by atoms with E-state index in [1.54, 1.807) is 0 Å². The number of carbonyl (C=O) groups is 2. The third kappa shape index (κ3) is 5.31. The van der Waals surface area contributed by atoms with E-state index in [9.17, 15) is 9.59 Å². The number of thiol groups is 2. The van der Waals surface area contributed by atoms with Gasteiger partial charge in [0.05, 0.1) is 11.5 Å². The average Bonchev–Trinajstić information content (AvgIpc) is 2.03. The lowest BCUT2D eigenvalue weighted by molar-refractivity contribution is -0.180. The van der Waals surface area contributed by atoms with Crippen molar-refractivity contribution in [3.8, 4) is 0 Å². The summed E-state index contributed by atoms with van der Waals surface area (Å²) in [4.78, 5) is 21.2. The topological polar surface area (TPSA) is 52.6 Å². The summed E-state index contributed by atoms with van der Waals surface area (Å²) in [5, 5.41) is 0. The molecule has 0 rings (SSSR count). The van der Waals surface area contributed by atoms with Gasteiger partial charge in [-0.3, -0.25) is 9.59 Å². The van der Waals surface area contributed by atoms with Crippen LogP contribution in [0.15, 0.2) is 0 Å². The van der Waals surface area contributed by atoms with E-state index < -0.39 is 18.2 Å². The number of ether oxygens (including phenoxy) is 2. The molecule has 12 heavy (non-hydrogen) atoms. The van der Waals surface area contributed by atoms with Crippen LogP contribution in [0.1, 0.15) is 6.92 Å². The zero-order chi connectivity index (χ0) is 9.56. The average molecular weight is 210 g/mol. The minimum absolute atomic E-state index is 0.0389. The van der Waals surface area contributed by atoms with E-state index in [1.807, 2.05) is 0 Å². The molecule has 70 valence electrons. The Morgan fingerprint density at radius 1 is 1.17 bits per heavy atom. The fraction of sp³-hybridized carbons (Fsp3) is 0.667. The van der Waals surface area contributed by atoms with Gasteiger partial charge >= 0.3 is 11.9 Å². The third-order valence-electron chi connectivity index (χ3n) is 0.853. The highest BCUT2D eigenvalue weighted by Gasteiger charge is 2.11. The predicted molar refractivity (Wildman–Crippen MR) is 49.4 cm³/mol. The molecule has 0 atom stereocenters. The quantitative estimate of drug-likeness (QED) is 0.397. The summed E-state index contributed by atoms with van der Waals surface area (Å²) in [5.74, 6) is -1.14. The molecule has 0 N–H and O–H groups in total. The molecule has 0 amide bonds. The Morgan fingerprint density at radius 2 is 1.50 bits per heavy atom. The van der Waals surface area contributed by atoms with E-state index in [1.165, 1.54) is 6.92 Å². The molecule has 0 saturated heterocycles. The molecule has 6 heteroatoms. The normalized spacial score (nSPS) is 9.67. The summed E-state index contributed by atoms with van der Waals surface area (Å²) in [7, 11) is 0. The van der Waals surface area contributed by atoms with Gasteiger partial charge in [-0.15, -0.1) is 0 Å². The van der Waals surface area contributed by atoms with Gasteiger partial charge in [0.1, 0.15) is 0 Å². The first-order valence-electron chi connectivity index (χ1n) is 3.20. The van der Waals surface area contributed by atoms with E-state index >= 15 is 0 Å². The van der Waals surface area contributed by atoms with Crippen molar-refractivity contribution in [1.29, 1.82) is 0 Å². The lowest BCUT2D eigenvalue weighted by Gasteiger charge is -2.12. The highest BCUT2D eigenvalue weighted by Crippen LogP contribution is 1.96. The van der Waals surface area contributed by atoms with Crippen molar-refractivity contribution >= 4 is 37.2 Å². The van der Waals surface area contributed by atoms with E-state index in [4.69, 9.17) is 0 Å². The molecule has 0 aromatic heterocycles. The van der Waals surface area contributed by atoms with E-state index in [-0.39, 0.29) is 11.5 Å². The fourth-order valence-electron chi connectivity index (χ4n) is 0.469. The van der Waals surface area contributed by atoms with E-state index in [0.29, 0.717) is 0 Å². The monoisotopic (exact) mass is 210 g/mol. The first kappa shape index (κ1) is 11.6. The van der Waals surface area contributed by atoms with Crippen LogP contribution in [0.4, 0.5) is 0 Å². The largest absolute Gasteiger partial charge is 0.425 e. The van der Waals surface area contributed by atoms with Gasteiger partial charge in [-0.2, -0.15) is 25.3 Å². The molecule has 0 radical (unpaired) electrons. The molecule has 0 saturated carbocycles. The standard InChI is InChI=1S/C6H10O4S2/c1-4(9-5(7)2-11)10-6(8)3-12/h4,11-12H,2-3H2,1H3. The van der Waals surface area contributed by atoms with Crippen LogP contribution in [0.2, 0.25) is 0 Å². The van der Waals surface area contributed by atoms with Crippen LogP contribution < -0.4 is 0 Å². The van der Waals surface area contributed by atoms with Crippen LogP contribution in [-0.4, -0.2) is 29.7 Å². The Labute approximate surface area is 81.4 Å². The highest BCUT2D eigenvalue weighted by atomic mass is 32.1. The van der Waals surface area contributed by atoms with Crippen LogP contribution in [-0.2, 0) is 19.1 Å². The first-order chi connectivity index (χ1) is 5.60. The zero-order valence-corrected chi connectivity index (χ0v) is 8.31. The molecule has 0 aromatic rings. The Hall–Kier alpha value is -0.360.